The molecule has 0 fully saturated rings. The molecule has 0 radical (unpaired) electrons. The van der Waals surface area contributed by atoms with E-state index in [4.69, 9.17) is 15.6 Å². The van der Waals surface area contributed by atoms with Crippen LogP contribution < -0.4 is 10.5 Å². The van der Waals surface area contributed by atoms with E-state index in [1.54, 1.807) is 18.2 Å². The van der Waals surface area contributed by atoms with Crippen molar-refractivity contribution >= 4 is 12.4 Å². The Balaban J connectivity index is 0.00000225. The summed E-state index contributed by atoms with van der Waals surface area (Å²) in [6, 6.07) is 4.91. The molecule has 4 N–H and O–H groups in total. The first-order valence-corrected chi connectivity index (χ1v) is 4.99. The summed E-state index contributed by atoms with van der Waals surface area (Å²) in [4.78, 5) is 0. The van der Waals surface area contributed by atoms with Gasteiger partial charge < -0.3 is 20.7 Å². The maximum Gasteiger partial charge on any atom is 0.161 e. The minimum Gasteiger partial charge on any atom is -0.504 e. The Kier molecular flexibility index (Phi) is 6.88. The number of aliphatic hydroxyl groups excluding tert-OH is 1. The molecule has 0 aliphatic rings. The van der Waals surface area contributed by atoms with E-state index in [1.165, 1.54) is 0 Å². The van der Waals surface area contributed by atoms with E-state index in [0.29, 0.717) is 24.3 Å². The molecule has 0 heterocycles. The van der Waals surface area contributed by atoms with Crippen LogP contribution >= 0.6 is 12.4 Å². The number of aromatic hydroxyl groups is 1. The van der Waals surface area contributed by atoms with Crippen LogP contribution in [-0.4, -0.2) is 29.5 Å². The molecule has 1 aromatic rings. The van der Waals surface area contributed by atoms with E-state index in [9.17, 15) is 5.11 Å². The van der Waals surface area contributed by atoms with Crippen LogP contribution in [0.5, 0.6) is 11.5 Å². The number of phenols is 1. The van der Waals surface area contributed by atoms with E-state index >= 15 is 0 Å². The van der Waals surface area contributed by atoms with Gasteiger partial charge in [-0.15, -0.1) is 12.4 Å². The van der Waals surface area contributed by atoms with Crippen molar-refractivity contribution in [3.05, 3.63) is 23.8 Å². The first-order valence-electron chi connectivity index (χ1n) is 4.99. The number of hydrogen-bond acceptors (Lipinski definition) is 4. The predicted octanol–water partition coefficient (Wildman–Crippen LogP) is 1.07. The Morgan fingerprint density at radius 3 is 2.69 bits per heavy atom. The number of halogens is 1. The summed E-state index contributed by atoms with van der Waals surface area (Å²) < 4.78 is 5.24. The highest BCUT2D eigenvalue weighted by atomic mass is 35.5. The topological polar surface area (TPSA) is 75.7 Å². The first kappa shape index (κ1) is 15.0. The van der Waals surface area contributed by atoms with Crippen molar-refractivity contribution in [2.45, 2.75) is 19.4 Å². The van der Waals surface area contributed by atoms with Crippen molar-refractivity contribution < 1.29 is 14.9 Å². The molecule has 92 valence electrons. The lowest BCUT2D eigenvalue weighted by atomic mass is 10.1. The summed E-state index contributed by atoms with van der Waals surface area (Å²) in [6.45, 7) is 2.26. The van der Waals surface area contributed by atoms with Crippen molar-refractivity contribution in [2.24, 2.45) is 5.73 Å². The molecule has 0 aliphatic heterocycles. The molecule has 16 heavy (non-hydrogen) atoms. The zero-order valence-electron chi connectivity index (χ0n) is 9.22. The largest absolute Gasteiger partial charge is 0.504 e. The van der Waals surface area contributed by atoms with Gasteiger partial charge in [-0.2, -0.15) is 0 Å². The van der Waals surface area contributed by atoms with E-state index < -0.39 is 0 Å². The third-order valence-corrected chi connectivity index (χ3v) is 2.10. The molecule has 1 rings (SSSR count). The van der Waals surface area contributed by atoms with Crippen LogP contribution in [0.2, 0.25) is 0 Å². The van der Waals surface area contributed by atoms with E-state index in [2.05, 4.69) is 0 Å². The molecule has 0 amide bonds. The summed E-state index contributed by atoms with van der Waals surface area (Å²) in [7, 11) is 0. The fourth-order valence-corrected chi connectivity index (χ4v) is 1.35. The van der Waals surface area contributed by atoms with E-state index in [1.807, 2.05) is 6.92 Å². The van der Waals surface area contributed by atoms with Crippen LogP contribution in [0.3, 0.4) is 0 Å². The average Bonchev–Trinajstić information content (AvgIpc) is 2.24. The highest BCUT2D eigenvalue weighted by Gasteiger charge is 2.10. The molecule has 0 saturated heterocycles. The fourth-order valence-electron chi connectivity index (χ4n) is 1.35. The van der Waals surface area contributed by atoms with Crippen molar-refractivity contribution in [3.8, 4) is 11.5 Å². The number of hydrogen-bond donors (Lipinski definition) is 3. The second kappa shape index (κ2) is 7.33. The molecule has 0 aliphatic carbocycles. The molecule has 0 spiro atoms. The van der Waals surface area contributed by atoms with Gasteiger partial charge >= 0.3 is 0 Å². The van der Waals surface area contributed by atoms with E-state index in [-0.39, 0.29) is 30.8 Å². The van der Waals surface area contributed by atoms with Gasteiger partial charge in [-0.25, -0.2) is 0 Å². The molecule has 4 nitrogen and oxygen atoms in total. The Bertz CT molecular complexity index is 320. The van der Waals surface area contributed by atoms with Gasteiger partial charge in [-0.3, -0.25) is 0 Å². The van der Waals surface area contributed by atoms with Gasteiger partial charge in [0.1, 0.15) is 0 Å². The molecule has 1 atom stereocenters. The zero-order valence-corrected chi connectivity index (χ0v) is 10.0. The quantitative estimate of drug-likeness (QED) is 0.728. The Hall–Kier alpha value is -0.970. The van der Waals surface area contributed by atoms with Crippen LogP contribution in [0.1, 0.15) is 12.5 Å². The second-order valence-electron chi connectivity index (χ2n) is 3.34. The summed E-state index contributed by atoms with van der Waals surface area (Å²) in [5.41, 5.74) is 6.29. The van der Waals surface area contributed by atoms with Crippen LogP contribution in [0.15, 0.2) is 18.2 Å². The number of ether oxygens (including phenoxy) is 1. The van der Waals surface area contributed by atoms with Crippen LogP contribution in [0.25, 0.3) is 0 Å². The van der Waals surface area contributed by atoms with Gasteiger partial charge in [-0.1, -0.05) is 12.1 Å². The second-order valence-corrected chi connectivity index (χ2v) is 3.34. The Morgan fingerprint density at radius 1 is 1.44 bits per heavy atom. The first-order chi connectivity index (χ1) is 7.19. The lowest BCUT2D eigenvalue weighted by Crippen LogP contribution is -2.26. The SMILES string of the molecule is CCOc1cccc(CC(N)CO)c1O.Cl. The number of rotatable bonds is 5. The summed E-state index contributed by atoms with van der Waals surface area (Å²) in [5.74, 6) is 0.573. The zero-order chi connectivity index (χ0) is 11.3. The normalized spacial score (nSPS) is 11.7. The van der Waals surface area contributed by atoms with Crippen molar-refractivity contribution in [1.82, 2.24) is 0 Å². The van der Waals surface area contributed by atoms with Crippen LogP contribution in [0.4, 0.5) is 0 Å². The van der Waals surface area contributed by atoms with Crippen LogP contribution in [0, 0.1) is 0 Å². The standard InChI is InChI=1S/C11H17NO3.ClH/c1-2-15-10-5-3-4-8(11(10)14)6-9(12)7-13;/h3-5,9,13-14H,2,6-7,12H2,1H3;1H. The maximum absolute atomic E-state index is 9.80. The summed E-state index contributed by atoms with van der Waals surface area (Å²) in [6.07, 6.45) is 0.434. The highest BCUT2D eigenvalue weighted by Crippen LogP contribution is 2.30. The lowest BCUT2D eigenvalue weighted by Gasteiger charge is -2.12. The molecule has 1 aromatic carbocycles. The van der Waals surface area contributed by atoms with Gasteiger partial charge in [-0.05, 0) is 25.0 Å². The molecular formula is C11H18ClNO3. The van der Waals surface area contributed by atoms with Gasteiger partial charge in [0, 0.05) is 6.04 Å². The number of benzene rings is 1. The molecular weight excluding hydrogens is 230 g/mol. The van der Waals surface area contributed by atoms with Crippen molar-refractivity contribution in [3.63, 3.8) is 0 Å². The molecule has 5 heteroatoms. The summed E-state index contributed by atoms with van der Waals surface area (Å²) >= 11 is 0. The van der Waals surface area contributed by atoms with Gasteiger partial charge in [0.25, 0.3) is 0 Å². The Labute approximate surface area is 101 Å². The molecule has 0 bridgehead atoms. The van der Waals surface area contributed by atoms with Crippen molar-refractivity contribution in [1.29, 1.82) is 0 Å². The lowest BCUT2D eigenvalue weighted by molar-refractivity contribution is 0.263. The highest BCUT2D eigenvalue weighted by molar-refractivity contribution is 5.85. The number of phenolic OH excluding ortho intramolecular Hbond substituents is 1. The number of nitrogens with two attached hydrogens (primary N) is 1. The average molecular weight is 248 g/mol. The smallest absolute Gasteiger partial charge is 0.161 e. The third-order valence-electron chi connectivity index (χ3n) is 2.10. The minimum absolute atomic E-state index is 0. The fraction of sp³-hybridized carbons (Fsp3) is 0.455. The Morgan fingerprint density at radius 2 is 2.12 bits per heavy atom. The van der Waals surface area contributed by atoms with Gasteiger partial charge in [0.2, 0.25) is 0 Å². The number of aliphatic hydroxyl groups is 1. The van der Waals surface area contributed by atoms with Gasteiger partial charge in [0.15, 0.2) is 11.5 Å². The monoisotopic (exact) mass is 247 g/mol. The van der Waals surface area contributed by atoms with Crippen molar-refractivity contribution in [2.75, 3.05) is 13.2 Å². The third kappa shape index (κ3) is 3.89. The molecule has 0 aromatic heterocycles. The van der Waals surface area contributed by atoms with E-state index in [0.717, 1.165) is 0 Å². The maximum atomic E-state index is 9.80. The number of para-hydroxylation sites is 1. The molecule has 0 saturated carbocycles. The van der Waals surface area contributed by atoms with Gasteiger partial charge in [0.05, 0.1) is 13.2 Å². The summed E-state index contributed by atoms with van der Waals surface area (Å²) in [5, 5.41) is 18.6. The minimum atomic E-state index is -0.354. The predicted molar refractivity (Wildman–Crippen MR) is 65.3 cm³/mol. The van der Waals surface area contributed by atoms with Crippen LogP contribution in [-0.2, 0) is 6.42 Å². The molecule has 1 unspecified atom stereocenters.